The Balaban J connectivity index is 1.55. The number of thiophene rings is 2. The van der Waals surface area contributed by atoms with E-state index in [4.69, 9.17) is 0 Å². The van der Waals surface area contributed by atoms with Crippen molar-refractivity contribution in [2.75, 3.05) is 0 Å². The first-order valence-corrected chi connectivity index (χ1v) is 9.19. The molecule has 1 nitrogen and oxygen atoms in total. The average molecular weight is 407 g/mol. The maximum absolute atomic E-state index is 3.53. The molecule has 0 spiro atoms. The van der Waals surface area contributed by atoms with Crippen molar-refractivity contribution in [1.29, 1.82) is 0 Å². The topological polar surface area (TPSA) is 12.0 Å². The lowest BCUT2D eigenvalue weighted by Gasteiger charge is -2.00. The van der Waals surface area contributed by atoms with E-state index in [2.05, 4.69) is 49.3 Å². The third-order valence-corrected chi connectivity index (χ3v) is 7.59. The van der Waals surface area contributed by atoms with Crippen molar-refractivity contribution in [2.45, 2.75) is 32.4 Å². The van der Waals surface area contributed by atoms with Crippen LogP contribution < -0.4 is 5.32 Å². The second-order valence-electron chi connectivity index (χ2n) is 4.45. The Morgan fingerprint density at radius 2 is 1.83 bits per heavy atom. The van der Waals surface area contributed by atoms with E-state index in [9.17, 15) is 0 Å². The molecule has 2 aromatic rings. The minimum atomic E-state index is 0.942. The molecule has 3 rings (SSSR count). The first kappa shape index (κ1) is 13.3. The first-order chi connectivity index (χ1) is 8.72. The van der Waals surface area contributed by atoms with Crippen molar-refractivity contribution in [2.24, 2.45) is 0 Å². The van der Waals surface area contributed by atoms with Crippen molar-refractivity contribution >= 4 is 54.5 Å². The number of fused-ring (bicyclic) bond motifs is 1. The van der Waals surface area contributed by atoms with Gasteiger partial charge in [-0.15, -0.1) is 22.7 Å². The standard InChI is InChI=1S/C13H13Br2NS2/c14-11-5-10(18-13(11)15)7-16-6-9-4-8-2-1-3-12(8)17-9/h4-5,16H,1-3,6-7H2. The van der Waals surface area contributed by atoms with Crippen molar-refractivity contribution in [3.8, 4) is 0 Å². The molecule has 1 N–H and O–H groups in total. The summed E-state index contributed by atoms with van der Waals surface area (Å²) in [6, 6.07) is 4.57. The smallest absolute Gasteiger partial charge is 0.0843 e. The molecular weight excluding hydrogens is 394 g/mol. The van der Waals surface area contributed by atoms with Gasteiger partial charge in [-0.3, -0.25) is 0 Å². The van der Waals surface area contributed by atoms with Gasteiger partial charge in [0, 0.05) is 32.2 Å². The molecule has 1 aliphatic rings. The zero-order valence-electron chi connectivity index (χ0n) is 9.76. The predicted octanol–water partition coefficient (Wildman–Crippen LogP) is 5.11. The number of aryl methyl sites for hydroxylation is 2. The lowest BCUT2D eigenvalue weighted by atomic mass is 10.2. The molecule has 2 heterocycles. The lowest BCUT2D eigenvalue weighted by molar-refractivity contribution is 0.708. The second-order valence-corrected chi connectivity index (χ2v) is 8.98. The summed E-state index contributed by atoms with van der Waals surface area (Å²) in [5, 5.41) is 3.53. The SMILES string of the molecule is Brc1cc(CNCc2cc3c(s2)CCC3)sc1Br. The normalized spacial score (nSPS) is 14.1. The van der Waals surface area contributed by atoms with Gasteiger partial charge in [0.25, 0.3) is 0 Å². The molecule has 0 atom stereocenters. The zero-order chi connectivity index (χ0) is 12.5. The molecule has 0 aliphatic heterocycles. The molecule has 0 bridgehead atoms. The van der Waals surface area contributed by atoms with Crippen molar-refractivity contribution in [3.63, 3.8) is 0 Å². The van der Waals surface area contributed by atoms with Gasteiger partial charge in [0.2, 0.25) is 0 Å². The minimum absolute atomic E-state index is 0.942. The van der Waals surface area contributed by atoms with E-state index < -0.39 is 0 Å². The number of rotatable bonds is 4. The van der Waals surface area contributed by atoms with Crippen LogP contribution in [-0.4, -0.2) is 0 Å². The van der Waals surface area contributed by atoms with Gasteiger partial charge in [0.05, 0.1) is 3.79 Å². The van der Waals surface area contributed by atoms with Gasteiger partial charge in [-0.1, -0.05) is 0 Å². The van der Waals surface area contributed by atoms with Gasteiger partial charge >= 0.3 is 0 Å². The van der Waals surface area contributed by atoms with Gasteiger partial charge in [-0.05, 0) is 68.8 Å². The minimum Gasteiger partial charge on any atom is -0.307 e. The molecule has 0 saturated carbocycles. The predicted molar refractivity (Wildman–Crippen MR) is 86.6 cm³/mol. The van der Waals surface area contributed by atoms with Gasteiger partial charge in [-0.2, -0.15) is 0 Å². The molecule has 18 heavy (non-hydrogen) atoms. The van der Waals surface area contributed by atoms with Crippen LogP contribution in [0.25, 0.3) is 0 Å². The Labute approximate surface area is 132 Å². The quantitative estimate of drug-likeness (QED) is 0.743. The molecular formula is C13H13Br2NS2. The summed E-state index contributed by atoms with van der Waals surface area (Å²) in [5.74, 6) is 0. The van der Waals surface area contributed by atoms with Crippen LogP contribution in [0.3, 0.4) is 0 Å². The Kier molecular flexibility index (Phi) is 4.25. The van der Waals surface area contributed by atoms with Crippen LogP contribution in [0.5, 0.6) is 0 Å². The van der Waals surface area contributed by atoms with Gasteiger partial charge < -0.3 is 5.32 Å². The lowest BCUT2D eigenvalue weighted by Crippen LogP contribution is -2.10. The van der Waals surface area contributed by atoms with Crippen LogP contribution in [0.1, 0.15) is 26.6 Å². The van der Waals surface area contributed by atoms with Gasteiger partial charge in [0.15, 0.2) is 0 Å². The van der Waals surface area contributed by atoms with Crippen molar-refractivity contribution in [3.05, 3.63) is 40.6 Å². The fraction of sp³-hybridized carbons (Fsp3) is 0.385. The van der Waals surface area contributed by atoms with E-state index in [0.717, 1.165) is 17.6 Å². The zero-order valence-corrected chi connectivity index (χ0v) is 14.6. The number of hydrogen-bond acceptors (Lipinski definition) is 3. The molecule has 5 heteroatoms. The highest BCUT2D eigenvalue weighted by Crippen LogP contribution is 2.33. The Hall–Kier alpha value is 0.320. The summed E-state index contributed by atoms with van der Waals surface area (Å²) in [4.78, 5) is 4.46. The van der Waals surface area contributed by atoms with Crippen LogP contribution >= 0.6 is 54.5 Å². The van der Waals surface area contributed by atoms with E-state index in [-0.39, 0.29) is 0 Å². The summed E-state index contributed by atoms with van der Waals surface area (Å²) in [5.41, 5.74) is 1.60. The summed E-state index contributed by atoms with van der Waals surface area (Å²) < 4.78 is 2.33. The Bertz CT molecular complexity index is 518. The molecule has 0 aromatic carbocycles. The number of hydrogen-bond donors (Lipinski definition) is 1. The maximum Gasteiger partial charge on any atom is 0.0843 e. The monoisotopic (exact) mass is 405 g/mol. The van der Waals surface area contributed by atoms with E-state index >= 15 is 0 Å². The Morgan fingerprint density at radius 3 is 2.50 bits per heavy atom. The Morgan fingerprint density at radius 1 is 1.06 bits per heavy atom. The summed E-state index contributed by atoms with van der Waals surface area (Å²) in [7, 11) is 0. The molecule has 0 unspecified atom stereocenters. The van der Waals surface area contributed by atoms with Gasteiger partial charge in [0.1, 0.15) is 0 Å². The van der Waals surface area contributed by atoms with Crippen molar-refractivity contribution in [1.82, 2.24) is 5.32 Å². The number of halogens is 2. The highest BCUT2D eigenvalue weighted by atomic mass is 79.9. The number of nitrogens with one attached hydrogen (secondary N) is 1. The largest absolute Gasteiger partial charge is 0.307 e. The van der Waals surface area contributed by atoms with Crippen LogP contribution in [0.4, 0.5) is 0 Å². The molecule has 0 amide bonds. The van der Waals surface area contributed by atoms with Crippen molar-refractivity contribution < 1.29 is 0 Å². The third-order valence-electron chi connectivity index (χ3n) is 3.09. The highest BCUT2D eigenvalue weighted by Gasteiger charge is 2.14. The van der Waals surface area contributed by atoms with E-state index in [0.29, 0.717) is 0 Å². The van der Waals surface area contributed by atoms with Gasteiger partial charge in [-0.25, -0.2) is 0 Å². The second kappa shape index (κ2) is 5.75. The van der Waals surface area contributed by atoms with Crippen LogP contribution in [0.15, 0.2) is 20.4 Å². The summed E-state index contributed by atoms with van der Waals surface area (Å²) >= 11 is 10.8. The fourth-order valence-corrected chi connectivity index (χ4v) is 5.64. The molecule has 1 aliphatic carbocycles. The molecule has 0 fully saturated rings. The fourth-order valence-electron chi connectivity index (χ4n) is 2.27. The molecule has 0 saturated heterocycles. The maximum atomic E-state index is 3.53. The molecule has 0 radical (unpaired) electrons. The molecule has 96 valence electrons. The van der Waals surface area contributed by atoms with Crippen LogP contribution in [-0.2, 0) is 25.9 Å². The van der Waals surface area contributed by atoms with E-state index in [1.54, 1.807) is 21.8 Å². The summed E-state index contributed by atoms with van der Waals surface area (Å²) in [6.07, 6.45) is 3.94. The van der Waals surface area contributed by atoms with E-state index in [1.165, 1.54) is 32.8 Å². The highest BCUT2D eigenvalue weighted by molar-refractivity contribution is 9.13. The van der Waals surface area contributed by atoms with Crippen LogP contribution in [0, 0.1) is 0 Å². The van der Waals surface area contributed by atoms with Crippen LogP contribution in [0.2, 0.25) is 0 Å². The average Bonchev–Trinajstić information content (AvgIpc) is 2.95. The molecule has 2 aromatic heterocycles. The first-order valence-electron chi connectivity index (χ1n) is 5.97. The third kappa shape index (κ3) is 2.90. The van der Waals surface area contributed by atoms with E-state index in [1.807, 2.05) is 11.3 Å². The summed E-state index contributed by atoms with van der Waals surface area (Å²) in [6.45, 7) is 1.93.